The second-order valence-corrected chi connectivity index (χ2v) is 6.01. The average molecular weight is 286 g/mol. The summed E-state index contributed by atoms with van der Waals surface area (Å²) in [6.45, 7) is 6.37. The SMILES string of the molecule is CC(C)(C)c1ccc(NC(=O)c2ccc(F)cc2N)cc1. The maximum absolute atomic E-state index is 13.0. The van der Waals surface area contributed by atoms with Crippen LogP contribution in [0.4, 0.5) is 15.8 Å². The van der Waals surface area contributed by atoms with Gasteiger partial charge in [0.15, 0.2) is 0 Å². The Bertz CT molecular complexity index is 657. The highest BCUT2D eigenvalue weighted by Gasteiger charge is 2.14. The number of hydrogen-bond acceptors (Lipinski definition) is 2. The molecule has 0 unspecified atom stereocenters. The van der Waals surface area contributed by atoms with Crippen molar-refractivity contribution >= 4 is 17.3 Å². The Morgan fingerprint density at radius 3 is 2.24 bits per heavy atom. The van der Waals surface area contributed by atoms with Crippen molar-refractivity contribution in [1.82, 2.24) is 0 Å². The number of nitrogens with two attached hydrogens (primary N) is 1. The van der Waals surface area contributed by atoms with E-state index in [9.17, 15) is 9.18 Å². The smallest absolute Gasteiger partial charge is 0.257 e. The summed E-state index contributed by atoms with van der Waals surface area (Å²) < 4.78 is 13.0. The average Bonchev–Trinajstić information content (AvgIpc) is 2.38. The van der Waals surface area contributed by atoms with Gasteiger partial charge in [-0.2, -0.15) is 0 Å². The molecule has 0 aliphatic carbocycles. The van der Waals surface area contributed by atoms with E-state index in [1.807, 2.05) is 24.3 Å². The summed E-state index contributed by atoms with van der Waals surface area (Å²) in [7, 11) is 0. The number of carbonyl (C=O) groups excluding carboxylic acids is 1. The third-order valence-corrected chi connectivity index (χ3v) is 3.27. The fourth-order valence-electron chi connectivity index (χ4n) is 1.99. The van der Waals surface area contributed by atoms with Crippen molar-refractivity contribution < 1.29 is 9.18 Å². The van der Waals surface area contributed by atoms with E-state index in [2.05, 4.69) is 26.1 Å². The highest BCUT2D eigenvalue weighted by atomic mass is 19.1. The minimum absolute atomic E-state index is 0.0594. The fourth-order valence-corrected chi connectivity index (χ4v) is 1.99. The molecular weight excluding hydrogens is 267 g/mol. The molecule has 0 aliphatic heterocycles. The number of nitrogens with one attached hydrogen (secondary N) is 1. The molecule has 110 valence electrons. The second-order valence-electron chi connectivity index (χ2n) is 6.01. The number of amides is 1. The van der Waals surface area contributed by atoms with Gasteiger partial charge in [0.1, 0.15) is 5.82 Å². The predicted octanol–water partition coefficient (Wildman–Crippen LogP) is 3.96. The first-order valence-corrected chi connectivity index (χ1v) is 6.74. The third-order valence-electron chi connectivity index (χ3n) is 3.27. The Labute approximate surface area is 124 Å². The third kappa shape index (κ3) is 3.60. The summed E-state index contributed by atoms with van der Waals surface area (Å²) in [5.41, 5.74) is 7.96. The van der Waals surface area contributed by atoms with E-state index < -0.39 is 5.82 Å². The number of rotatable bonds is 2. The Morgan fingerprint density at radius 2 is 1.71 bits per heavy atom. The van der Waals surface area contributed by atoms with Crippen molar-refractivity contribution in [3.05, 3.63) is 59.4 Å². The highest BCUT2D eigenvalue weighted by molar-refractivity contribution is 6.07. The van der Waals surface area contributed by atoms with Crippen LogP contribution in [0.1, 0.15) is 36.7 Å². The van der Waals surface area contributed by atoms with Crippen molar-refractivity contribution in [3.8, 4) is 0 Å². The molecule has 0 aromatic heterocycles. The van der Waals surface area contributed by atoms with Gasteiger partial charge in [-0.25, -0.2) is 4.39 Å². The normalized spacial score (nSPS) is 11.2. The van der Waals surface area contributed by atoms with Gasteiger partial charge in [-0.1, -0.05) is 32.9 Å². The van der Waals surface area contributed by atoms with Crippen LogP contribution in [0.5, 0.6) is 0 Å². The largest absolute Gasteiger partial charge is 0.398 e. The molecule has 2 aromatic rings. The molecule has 4 heteroatoms. The van der Waals surface area contributed by atoms with Crippen LogP contribution in [0.15, 0.2) is 42.5 Å². The van der Waals surface area contributed by atoms with Crippen LogP contribution in [-0.4, -0.2) is 5.91 Å². The molecule has 3 N–H and O–H groups in total. The number of nitrogen functional groups attached to an aromatic ring is 1. The Balaban J connectivity index is 2.16. The summed E-state index contributed by atoms with van der Waals surface area (Å²) >= 11 is 0. The molecule has 0 bridgehead atoms. The molecule has 0 atom stereocenters. The molecule has 2 aromatic carbocycles. The van der Waals surface area contributed by atoms with E-state index >= 15 is 0 Å². The van der Waals surface area contributed by atoms with Gasteiger partial charge in [0, 0.05) is 11.4 Å². The lowest BCUT2D eigenvalue weighted by Crippen LogP contribution is -2.15. The molecule has 0 spiro atoms. The van der Waals surface area contributed by atoms with Gasteiger partial charge in [-0.15, -0.1) is 0 Å². The molecule has 3 nitrogen and oxygen atoms in total. The van der Waals surface area contributed by atoms with Gasteiger partial charge < -0.3 is 11.1 Å². The van der Waals surface area contributed by atoms with E-state index in [0.717, 1.165) is 6.07 Å². The highest BCUT2D eigenvalue weighted by Crippen LogP contribution is 2.24. The molecule has 2 rings (SSSR count). The van der Waals surface area contributed by atoms with Crippen molar-refractivity contribution in [1.29, 1.82) is 0 Å². The Morgan fingerprint density at radius 1 is 1.10 bits per heavy atom. The van der Waals surface area contributed by atoms with Crippen molar-refractivity contribution in [2.24, 2.45) is 0 Å². The second kappa shape index (κ2) is 5.56. The lowest BCUT2D eigenvalue weighted by atomic mass is 9.87. The summed E-state index contributed by atoms with van der Waals surface area (Å²) in [5, 5.41) is 2.76. The van der Waals surface area contributed by atoms with Gasteiger partial charge in [0.05, 0.1) is 5.56 Å². The lowest BCUT2D eigenvalue weighted by molar-refractivity contribution is 0.102. The fraction of sp³-hybridized carbons (Fsp3) is 0.235. The zero-order valence-electron chi connectivity index (χ0n) is 12.4. The summed E-state index contributed by atoms with van der Waals surface area (Å²) in [4.78, 5) is 12.1. The first-order chi connectivity index (χ1) is 9.77. The quantitative estimate of drug-likeness (QED) is 0.821. The Kier molecular flexibility index (Phi) is 3.98. The Hall–Kier alpha value is -2.36. The van der Waals surface area contributed by atoms with Crippen molar-refractivity contribution in [3.63, 3.8) is 0 Å². The number of hydrogen-bond donors (Lipinski definition) is 2. The van der Waals surface area contributed by atoms with Crippen LogP contribution in [0.25, 0.3) is 0 Å². The van der Waals surface area contributed by atoms with Crippen LogP contribution in [0.2, 0.25) is 0 Å². The number of anilines is 2. The number of benzene rings is 2. The molecule has 0 radical (unpaired) electrons. The number of carbonyl (C=O) groups is 1. The molecule has 0 fully saturated rings. The minimum atomic E-state index is -0.460. The topological polar surface area (TPSA) is 55.1 Å². The van der Waals surface area contributed by atoms with Crippen LogP contribution >= 0.6 is 0 Å². The summed E-state index contributed by atoms with van der Waals surface area (Å²) in [6, 6.07) is 11.4. The van der Waals surface area contributed by atoms with Crippen molar-refractivity contribution in [2.75, 3.05) is 11.1 Å². The van der Waals surface area contributed by atoms with Gasteiger partial charge >= 0.3 is 0 Å². The molecule has 0 aliphatic rings. The van der Waals surface area contributed by atoms with E-state index in [-0.39, 0.29) is 22.6 Å². The van der Waals surface area contributed by atoms with E-state index in [1.54, 1.807) is 0 Å². The zero-order chi connectivity index (χ0) is 15.6. The lowest BCUT2D eigenvalue weighted by Gasteiger charge is -2.19. The van der Waals surface area contributed by atoms with Crippen molar-refractivity contribution in [2.45, 2.75) is 26.2 Å². The predicted molar refractivity (Wildman–Crippen MR) is 83.9 cm³/mol. The van der Waals surface area contributed by atoms with Gasteiger partial charge in [0.25, 0.3) is 5.91 Å². The molecule has 0 heterocycles. The van der Waals surface area contributed by atoms with Gasteiger partial charge in [-0.3, -0.25) is 4.79 Å². The van der Waals surface area contributed by atoms with Crippen LogP contribution in [0, 0.1) is 5.82 Å². The van der Waals surface area contributed by atoms with E-state index in [0.29, 0.717) is 5.69 Å². The van der Waals surface area contributed by atoms with E-state index in [4.69, 9.17) is 5.73 Å². The standard InChI is InChI=1S/C17H19FN2O/c1-17(2,3)11-4-7-13(8-5-11)20-16(21)14-9-6-12(18)10-15(14)19/h4-10H,19H2,1-3H3,(H,20,21). The molecule has 21 heavy (non-hydrogen) atoms. The maximum Gasteiger partial charge on any atom is 0.257 e. The first kappa shape index (κ1) is 15.0. The number of halogens is 1. The summed E-state index contributed by atoms with van der Waals surface area (Å²) in [6.07, 6.45) is 0. The van der Waals surface area contributed by atoms with Crippen LogP contribution in [0.3, 0.4) is 0 Å². The summed E-state index contributed by atoms with van der Waals surface area (Å²) in [5.74, 6) is -0.811. The van der Waals surface area contributed by atoms with Crippen LogP contribution < -0.4 is 11.1 Å². The maximum atomic E-state index is 13.0. The van der Waals surface area contributed by atoms with Crippen LogP contribution in [-0.2, 0) is 5.41 Å². The molecule has 0 saturated heterocycles. The van der Waals surface area contributed by atoms with Gasteiger partial charge in [-0.05, 0) is 41.3 Å². The molecule has 1 amide bonds. The zero-order valence-corrected chi connectivity index (χ0v) is 12.4. The minimum Gasteiger partial charge on any atom is -0.398 e. The first-order valence-electron chi connectivity index (χ1n) is 6.74. The molecular formula is C17H19FN2O. The van der Waals surface area contributed by atoms with E-state index in [1.165, 1.54) is 17.7 Å². The molecule has 0 saturated carbocycles. The monoisotopic (exact) mass is 286 g/mol. The van der Waals surface area contributed by atoms with Gasteiger partial charge in [0.2, 0.25) is 0 Å².